The first kappa shape index (κ1) is 11.8. The standard InChI is InChI=1S/C16H16ClN/c17-14-9-7-13(8-10-14)16(18)11-3-5-12-4-1-2-6-15(12)16/h1-2,4,6-10H,3,5,11,18H2. The SMILES string of the molecule is NC1(c2ccc(Cl)cc2)CCCc2ccccc21. The van der Waals surface area contributed by atoms with E-state index in [1.54, 1.807) is 0 Å². The summed E-state index contributed by atoms with van der Waals surface area (Å²) in [5, 5.41) is 0.756. The molecule has 2 aromatic rings. The Hall–Kier alpha value is -1.31. The largest absolute Gasteiger partial charge is 0.318 e. The summed E-state index contributed by atoms with van der Waals surface area (Å²) in [7, 11) is 0. The fourth-order valence-electron chi connectivity index (χ4n) is 2.91. The molecule has 2 aromatic carbocycles. The Morgan fingerprint density at radius 1 is 1.00 bits per heavy atom. The molecule has 18 heavy (non-hydrogen) atoms. The molecule has 3 rings (SSSR count). The van der Waals surface area contributed by atoms with E-state index in [1.807, 2.05) is 24.3 Å². The third kappa shape index (κ3) is 1.84. The summed E-state index contributed by atoms with van der Waals surface area (Å²) in [6, 6.07) is 16.4. The summed E-state index contributed by atoms with van der Waals surface area (Å²) in [6.45, 7) is 0. The molecular weight excluding hydrogens is 242 g/mol. The lowest BCUT2D eigenvalue weighted by molar-refractivity contribution is 0.443. The van der Waals surface area contributed by atoms with E-state index in [4.69, 9.17) is 17.3 Å². The molecule has 0 saturated carbocycles. The average molecular weight is 258 g/mol. The van der Waals surface area contributed by atoms with Gasteiger partial charge < -0.3 is 5.73 Å². The first-order chi connectivity index (χ1) is 8.70. The Morgan fingerprint density at radius 2 is 1.72 bits per heavy atom. The summed E-state index contributed by atoms with van der Waals surface area (Å²) in [4.78, 5) is 0. The first-order valence-corrected chi connectivity index (χ1v) is 6.71. The molecule has 0 spiro atoms. The van der Waals surface area contributed by atoms with Crippen LogP contribution >= 0.6 is 11.6 Å². The van der Waals surface area contributed by atoms with Crippen LogP contribution in [0.3, 0.4) is 0 Å². The molecule has 0 amide bonds. The Balaban J connectivity index is 2.13. The Kier molecular flexibility index (Phi) is 2.89. The van der Waals surface area contributed by atoms with Gasteiger partial charge in [0.05, 0.1) is 5.54 Å². The maximum Gasteiger partial charge on any atom is 0.0668 e. The van der Waals surface area contributed by atoms with Crippen LogP contribution in [-0.2, 0) is 12.0 Å². The topological polar surface area (TPSA) is 26.0 Å². The molecule has 0 heterocycles. The summed E-state index contributed by atoms with van der Waals surface area (Å²) in [5.41, 5.74) is 10.1. The van der Waals surface area contributed by atoms with Crippen LogP contribution < -0.4 is 5.73 Å². The second kappa shape index (κ2) is 4.42. The number of hydrogen-bond acceptors (Lipinski definition) is 1. The van der Waals surface area contributed by atoms with Crippen molar-refractivity contribution < 1.29 is 0 Å². The van der Waals surface area contributed by atoms with Crippen LogP contribution in [0.4, 0.5) is 0 Å². The molecule has 1 aliphatic rings. The van der Waals surface area contributed by atoms with E-state index in [1.165, 1.54) is 11.1 Å². The van der Waals surface area contributed by atoms with Gasteiger partial charge in [-0.3, -0.25) is 0 Å². The number of benzene rings is 2. The zero-order chi connectivity index (χ0) is 12.6. The van der Waals surface area contributed by atoms with Crippen molar-refractivity contribution in [3.8, 4) is 0 Å². The summed E-state index contributed by atoms with van der Waals surface area (Å²) < 4.78 is 0. The van der Waals surface area contributed by atoms with Gasteiger partial charge in [0, 0.05) is 5.02 Å². The predicted molar refractivity (Wildman–Crippen MR) is 75.8 cm³/mol. The number of rotatable bonds is 1. The van der Waals surface area contributed by atoms with Crippen molar-refractivity contribution >= 4 is 11.6 Å². The maximum absolute atomic E-state index is 6.70. The molecule has 0 saturated heterocycles. The van der Waals surface area contributed by atoms with Gasteiger partial charge in [-0.25, -0.2) is 0 Å². The smallest absolute Gasteiger partial charge is 0.0668 e. The van der Waals surface area contributed by atoms with Crippen LogP contribution in [0.25, 0.3) is 0 Å². The van der Waals surface area contributed by atoms with Crippen LogP contribution in [0, 0.1) is 0 Å². The highest BCUT2D eigenvalue weighted by Crippen LogP contribution is 2.38. The number of aryl methyl sites for hydroxylation is 1. The average Bonchev–Trinajstić information content (AvgIpc) is 2.40. The molecule has 0 fully saturated rings. The van der Waals surface area contributed by atoms with E-state index in [-0.39, 0.29) is 5.54 Å². The minimum absolute atomic E-state index is 0.362. The van der Waals surface area contributed by atoms with Crippen LogP contribution in [0.2, 0.25) is 5.02 Å². The van der Waals surface area contributed by atoms with Gasteiger partial charge >= 0.3 is 0 Å². The predicted octanol–water partition coefficient (Wildman–Crippen LogP) is 3.88. The van der Waals surface area contributed by atoms with E-state index in [2.05, 4.69) is 24.3 Å². The summed E-state index contributed by atoms with van der Waals surface area (Å²) >= 11 is 5.96. The second-order valence-electron chi connectivity index (χ2n) is 4.99. The Morgan fingerprint density at radius 3 is 2.50 bits per heavy atom. The molecule has 1 unspecified atom stereocenters. The van der Waals surface area contributed by atoms with Gasteiger partial charge in [-0.05, 0) is 48.1 Å². The van der Waals surface area contributed by atoms with E-state index in [0.717, 1.165) is 29.8 Å². The molecule has 1 aliphatic carbocycles. The molecule has 1 nitrogen and oxygen atoms in total. The minimum Gasteiger partial charge on any atom is -0.318 e. The van der Waals surface area contributed by atoms with Crippen molar-refractivity contribution in [2.24, 2.45) is 5.73 Å². The third-order valence-corrected chi connectivity index (χ3v) is 4.13. The zero-order valence-corrected chi connectivity index (χ0v) is 11.0. The molecule has 92 valence electrons. The van der Waals surface area contributed by atoms with Crippen LogP contribution in [0.1, 0.15) is 29.5 Å². The number of halogens is 1. The number of fused-ring (bicyclic) bond motifs is 1. The summed E-state index contributed by atoms with van der Waals surface area (Å²) in [5.74, 6) is 0. The van der Waals surface area contributed by atoms with E-state index < -0.39 is 0 Å². The molecule has 0 aliphatic heterocycles. The van der Waals surface area contributed by atoms with Gasteiger partial charge in [0.2, 0.25) is 0 Å². The lowest BCUT2D eigenvalue weighted by Crippen LogP contribution is -2.41. The zero-order valence-electron chi connectivity index (χ0n) is 10.2. The van der Waals surface area contributed by atoms with Crippen LogP contribution in [-0.4, -0.2) is 0 Å². The maximum atomic E-state index is 6.70. The molecule has 2 N–H and O–H groups in total. The Labute approximate surface area is 113 Å². The van der Waals surface area contributed by atoms with E-state index in [9.17, 15) is 0 Å². The molecule has 1 atom stereocenters. The lowest BCUT2D eigenvalue weighted by Gasteiger charge is -2.36. The van der Waals surface area contributed by atoms with Crippen LogP contribution in [0.15, 0.2) is 48.5 Å². The fraction of sp³-hybridized carbons (Fsp3) is 0.250. The second-order valence-corrected chi connectivity index (χ2v) is 5.43. The van der Waals surface area contributed by atoms with Crippen molar-refractivity contribution in [3.05, 3.63) is 70.2 Å². The first-order valence-electron chi connectivity index (χ1n) is 6.33. The van der Waals surface area contributed by atoms with Gasteiger partial charge in [-0.2, -0.15) is 0 Å². The van der Waals surface area contributed by atoms with Gasteiger partial charge in [-0.1, -0.05) is 48.0 Å². The third-order valence-electron chi connectivity index (χ3n) is 3.87. The molecule has 0 radical (unpaired) electrons. The molecule has 2 heteroatoms. The summed E-state index contributed by atoms with van der Waals surface area (Å²) in [6.07, 6.45) is 3.25. The minimum atomic E-state index is -0.362. The molecule has 0 bridgehead atoms. The van der Waals surface area contributed by atoms with E-state index >= 15 is 0 Å². The van der Waals surface area contributed by atoms with Crippen LogP contribution in [0.5, 0.6) is 0 Å². The van der Waals surface area contributed by atoms with Crippen molar-refractivity contribution in [2.75, 3.05) is 0 Å². The molecule has 0 aromatic heterocycles. The van der Waals surface area contributed by atoms with Gasteiger partial charge in [0.25, 0.3) is 0 Å². The Bertz CT molecular complexity index is 562. The lowest BCUT2D eigenvalue weighted by atomic mass is 9.73. The van der Waals surface area contributed by atoms with Crippen molar-refractivity contribution in [1.82, 2.24) is 0 Å². The highest BCUT2D eigenvalue weighted by Gasteiger charge is 2.33. The van der Waals surface area contributed by atoms with Gasteiger partial charge in [0.15, 0.2) is 0 Å². The van der Waals surface area contributed by atoms with Crippen molar-refractivity contribution in [3.63, 3.8) is 0 Å². The number of nitrogens with two attached hydrogens (primary N) is 1. The molecular formula is C16H16ClN. The van der Waals surface area contributed by atoms with Gasteiger partial charge in [-0.15, -0.1) is 0 Å². The normalized spacial score (nSPS) is 22.6. The monoisotopic (exact) mass is 257 g/mol. The van der Waals surface area contributed by atoms with Crippen molar-refractivity contribution in [1.29, 1.82) is 0 Å². The van der Waals surface area contributed by atoms with E-state index in [0.29, 0.717) is 0 Å². The van der Waals surface area contributed by atoms with Gasteiger partial charge in [0.1, 0.15) is 0 Å². The number of hydrogen-bond donors (Lipinski definition) is 1. The highest BCUT2D eigenvalue weighted by molar-refractivity contribution is 6.30. The highest BCUT2D eigenvalue weighted by atomic mass is 35.5. The quantitative estimate of drug-likeness (QED) is 0.824. The van der Waals surface area contributed by atoms with Crippen molar-refractivity contribution in [2.45, 2.75) is 24.8 Å². The fourth-order valence-corrected chi connectivity index (χ4v) is 3.04.